The SMILES string of the molecule is CC(C)COC(=O)C(C)Oc1ccc2c(=O)c(Oc3ccc(-c4ccccc4)cc3)coc2c1. The Hall–Kier alpha value is -4.06. The van der Waals surface area contributed by atoms with Gasteiger partial charge in [-0.05, 0) is 48.2 Å². The van der Waals surface area contributed by atoms with E-state index < -0.39 is 12.1 Å². The molecule has 34 heavy (non-hydrogen) atoms. The molecule has 0 bridgehead atoms. The maximum absolute atomic E-state index is 12.9. The quantitative estimate of drug-likeness (QED) is 0.292. The molecule has 4 rings (SSSR count). The van der Waals surface area contributed by atoms with Crippen LogP contribution in [0.4, 0.5) is 0 Å². The summed E-state index contributed by atoms with van der Waals surface area (Å²) in [5.41, 5.74) is 2.18. The summed E-state index contributed by atoms with van der Waals surface area (Å²) in [6.07, 6.45) is 0.490. The first-order valence-corrected chi connectivity index (χ1v) is 11.1. The normalized spacial score (nSPS) is 11.9. The molecular formula is C28H26O6. The lowest BCUT2D eigenvalue weighted by Crippen LogP contribution is -2.27. The minimum absolute atomic E-state index is 0.0826. The molecule has 3 aromatic carbocycles. The smallest absolute Gasteiger partial charge is 0.347 e. The van der Waals surface area contributed by atoms with Gasteiger partial charge in [-0.3, -0.25) is 4.79 Å². The van der Waals surface area contributed by atoms with Gasteiger partial charge >= 0.3 is 5.97 Å². The Labute approximate surface area is 197 Å². The Balaban J connectivity index is 1.48. The van der Waals surface area contributed by atoms with Crippen LogP contribution in [0.3, 0.4) is 0 Å². The van der Waals surface area contributed by atoms with Gasteiger partial charge in [-0.2, -0.15) is 0 Å². The lowest BCUT2D eigenvalue weighted by atomic mass is 10.1. The number of fused-ring (bicyclic) bond motifs is 1. The summed E-state index contributed by atoms with van der Waals surface area (Å²) in [7, 11) is 0. The van der Waals surface area contributed by atoms with Crippen molar-refractivity contribution >= 4 is 16.9 Å². The second-order valence-electron chi connectivity index (χ2n) is 8.36. The topological polar surface area (TPSA) is 75.0 Å². The van der Waals surface area contributed by atoms with Crippen molar-refractivity contribution in [3.05, 3.63) is 89.3 Å². The van der Waals surface area contributed by atoms with Gasteiger partial charge in [-0.1, -0.05) is 56.3 Å². The van der Waals surface area contributed by atoms with E-state index in [2.05, 4.69) is 0 Å². The van der Waals surface area contributed by atoms with Crippen LogP contribution < -0.4 is 14.9 Å². The number of hydrogen-bond acceptors (Lipinski definition) is 6. The summed E-state index contributed by atoms with van der Waals surface area (Å²) < 4.78 is 22.3. The lowest BCUT2D eigenvalue weighted by Gasteiger charge is -2.15. The van der Waals surface area contributed by atoms with Crippen LogP contribution in [-0.4, -0.2) is 18.7 Å². The van der Waals surface area contributed by atoms with Gasteiger partial charge in [0.05, 0.1) is 12.0 Å². The van der Waals surface area contributed by atoms with Crippen LogP contribution in [0.1, 0.15) is 20.8 Å². The van der Waals surface area contributed by atoms with Gasteiger partial charge < -0.3 is 18.6 Å². The Kier molecular flexibility index (Phi) is 6.97. The molecule has 1 heterocycles. The van der Waals surface area contributed by atoms with Gasteiger partial charge in [0.2, 0.25) is 11.2 Å². The number of rotatable bonds is 8. The van der Waals surface area contributed by atoms with Crippen molar-refractivity contribution in [1.29, 1.82) is 0 Å². The molecule has 0 radical (unpaired) electrons. The molecule has 6 heteroatoms. The first kappa shape index (κ1) is 23.1. The van der Waals surface area contributed by atoms with E-state index in [-0.39, 0.29) is 17.1 Å². The van der Waals surface area contributed by atoms with Crippen molar-refractivity contribution in [2.75, 3.05) is 6.61 Å². The van der Waals surface area contributed by atoms with Crippen LogP contribution in [0, 0.1) is 5.92 Å². The van der Waals surface area contributed by atoms with Crippen LogP contribution in [0.5, 0.6) is 17.2 Å². The summed E-state index contributed by atoms with van der Waals surface area (Å²) in [6.45, 7) is 5.86. The van der Waals surface area contributed by atoms with E-state index in [4.69, 9.17) is 18.6 Å². The molecule has 1 unspecified atom stereocenters. The summed E-state index contributed by atoms with van der Waals surface area (Å²) in [4.78, 5) is 25.0. The van der Waals surface area contributed by atoms with Crippen molar-refractivity contribution in [3.63, 3.8) is 0 Å². The third kappa shape index (κ3) is 5.46. The minimum Gasteiger partial charge on any atom is -0.479 e. The molecule has 1 atom stereocenters. The number of carbonyl (C=O) groups is 1. The average Bonchev–Trinajstić information content (AvgIpc) is 2.85. The molecule has 174 valence electrons. The minimum atomic E-state index is -0.788. The fourth-order valence-corrected chi connectivity index (χ4v) is 3.33. The third-order valence-electron chi connectivity index (χ3n) is 5.11. The fourth-order valence-electron chi connectivity index (χ4n) is 3.33. The summed E-state index contributed by atoms with van der Waals surface area (Å²) in [6, 6.07) is 22.3. The fraction of sp³-hybridized carbons (Fsp3) is 0.214. The van der Waals surface area contributed by atoms with E-state index in [1.54, 1.807) is 25.1 Å². The van der Waals surface area contributed by atoms with E-state index >= 15 is 0 Å². The second kappa shape index (κ2) is 10.3. The number of benzene rings is 3. The molecule has 0 N–H and O–H groups in total. The van der Waals surface area contributed by atoms with Gasteiger partial charge in [0.25, 0.3) is 0 Å². The van der Waals surface area contributed by atoms with E-state index in [0.717, 1.165) is 11.1 Å². The molecule has 0 spiro atoms. The Morgan fingerprint density at radius 3 is 2.26 bits per heavy atom. The average molecular weight is 459 g/mol. The molecule has 4 aromatic rings. The standard InChI is InChI=1S/C28H26O6/c1-18(2)16-32-28(30)19(3)33-23-13-14-24-25(15-23)31-17-26(27(24)29)34-22-11-9-21(10-12-22)20-7-5-4-6-8-20/h4-15,17-19H,16H2,1-3H3. The van der Waals surface area contributed by atoms with Gasteiger partial charge in [0.1, 0.15) is 23.3 Å². The molecule has 1 aromatic heterocycles. The predicted molar refractivity (Wildman–Crippen MR) is 130 cm³/mol. The monoisotopic (exact) mass is 458 g/mol. The highest BCUT2D eigenvalue weighted by molar-refractivity contribution is 5.79. The van der Waals surface area contributed by atoms with Gasteiger partial charge in [-0.15, -0.1) is 0 Å². The van der Waals surface area contributed by atoms with Crippen LogP contribution >= 0.6 is 0 Å². The van der Waals surface area contributed by atoms with Crippen LogP contribution in [-0.2, 0) is 9.53 Å². The van der Waals surface area contributed by atoms with Gasteiger partial charge in [-0.25, -0.2) is 4.79 Å². The Bertz CT molecular complexity index is 1320. The maximum Gasteiger partial charge on any atom is 0.347 e. The molecule has 6 nitrogen and oxygen atoms in total. The predicted octanol–water partition coefficient (Wildman–Crippen LogP) is 6.22. The van der Waals surface area contributed by atoms with Crippen LogP contribution in [0.15, 0.2) is 88.3 Å². The largest absolute Gasteiger partial charge is 0.479 e. The first-order valence-electron chi connectivity index (χ1n) is 11.1. The molecule has 0 aliphatic carbocycles. The van der Waals surface area contributed by atoms with Crippen molar-refractivity contribution < 1.29 is 23.4 Å². The van der Waals surface area contributed by atoms with Crippen LogP contribution in [0.2, 0.25) is 0 Å². The zero-order chi connectivity index (χ0) is 24.1. The summed E-state index contributed by atoms with van der Waals surface area (Å²) in [5, 5.41) is 0.348. The molecule has 0 saturated heterocycles. The van der Waals surface area contributed by atoms with E-state index in [1.807, 2.05) is 68.4 Å². The number of esters is 1. The van der Waals surface area contributed by atoms with Crippen LogP contribution in [0.25, 0.3) is 22.1 Å². The van der Waals surface area contributed by atoms with Crippen molar-refractivity contribution in [1.82, 2.24) is 0 Å². The Morgan fingerprint density at radius 2 is 1.56 bits per heavy atom. The highest BCUT2D eigenvalue weighted by atomic mass is 16.6. The van der Waals surface area contributed by atoms with E-state index in [1.165, 1.54) is 6.26 Å². The lowest BCUT2D eigenvalue weighted by molar-refractivity contribution is -0.152. The van der Waals surface area contributed by atoms with Crippen molar-refractivity contribution in [3.8, 4) is 28.4 Å². The van der Waals surface area contributed by atoms with Crippen molar-refractivity contribution in [2.24, 2.45) is 5.92 Å². The molecular weight excluding hydrogens is 432 g/mol. The van der Waals surface area contributed by atoms with Crippen molar-refractivity contribution in [2.45, 2.75) is 26.9 Å². The number of ether oxygens (including phenoxy) is 3. The summed E-state index contributed by atoms with van der Waals surface area (Å²) >= 11 is 0. The highest BCUT2D eigenvalue weighted by Gasteiger charge is 2.18. The molecule has 0 fully saturated rings. The summed E-state index contributed by atoms with van der Waals surface area (Å²) in [5.74, 6) is 0.802. The third-order valence-corrected chi connectivity index (χ3v) is 5.11. The van der Waals surface area contributed by atoms with E-state index in [0.29, 0.717) is 29.1 Å². The van der Waals surface area contributed by atoms with Gasteiger partial charge in [0, 0.05) is 6.07 Å². The molecule has 0 aliphatic rings. The molecule has 0 amide bonds. The first-order chi connectivity index (χ1) is 16.4. The molecule has 0 saturated carbocycles. The Morgan fingerprint density at radius 1 is 0.882 bits per heavy atom. The maximum atomic E-state index is 12.9. The van der Waals surface area contributed by atoms with E-state index in [9.17, 15) is 9.59 Å². The zero-order valence-corrected chi connectivity index (χ0v) is 19.3. The molecule has 0 aliphatic heterocycles. The zero-order valence-electron chi connectivity index (χ0n) is 19.3. The highest BCUT2D eigenvalue weighted by Crippen LogP contribution is 2.27. The number of hydrogen-bond donors (Lipinski definition) is 0. The second-order valence-corrected chi connectivity index (χ2v) is 8.36. The van der Waals surface area contributed by atoms with Gasteiger partial charge in [0.15, 0.2) is 6.10 Å². The number of carbonyl (C=O) groups excluding carboxylic acids is 1.